The Kier molecular flexibility index (Phi) is 53.0. The molecule has 0 spiro atoms. The van der Waals surface area contributed by atoms with E-state index in [0.717, 1.165) is 57.8 Å². The Bertz CT molecular complexity index is 955. The molecule has 0 radical (unpaired) electrons. The number of esters is 1. The fourth-order valence-electron chi connectivity index (χ4n) is 9.11. The maximum absolute atomic E-state index is 12.5. The number of carbonyl (C=O) groups excluding carboxylic acids is 2. The zero-order valence-corrected chi connectivity index (χ0v) is 43.3. The summed E-state index contributed by atoms with van der Waals surface area (Å²) in [6.07, 6.45) is 63.3. The first-order valence-electron chi connectivity index (χ1n) is 28.9. The standard InChI is InChI=1S/C58H113NO5/c1-3-5-7-9-11-13-15-17-19-21-22-24-25-27-30-34-38-42-46-50-56(61)55(54-60)59-57(62)51-47-43-39-35-31-29-33-37-41-45-49-53-64-58(63)52-48-44-40-36-32-28-26-23-20-18-16-14-12-10-8-6-4-2/h18,20,55-56,60-61H,3-17,19,21-54H2,1-2H3,(H,59,62)/b20-18-. The third kappa shape index (κ3) is 50.0. The van der Waals surface area contributed by atoms with Crippen molar-refractivity contribution in [1.29, 1.82) is 0 Å². The number of aliphatic hydroxyl groups excluding tert-OH is 2. The second kappa shape index (κ2) is 54.2. The second-order valence-corrected chi connectivity index (χ2v) is 20.0. The molecule has 380 valence electrons. The zero-order chi connectivity index (χ0) is 46.5. The number of rotatable bonds is 54. The van der Waals surface area contributed by atoms with Crippen LogP contribution in [-0.2, 0) is 14.3 Å². The Labute approximate surface area is 399 Å². The summed E-state index contributed by atoms with van der Waals surface area (Å²) in [5.74, 6) is -0.0668. The summed E-state index contributed by atoms with van der Waals surface area (Å²) < 4.78 is 5.47. The van der Waals surface area contributed by atoms with Crippen molar-refractivity contribution >= 4 is 11.9 Å². The van der Waals surface area contributed by atoms with E-state index in [1.54, 1.807) is 0 Å². The van der Waals surface area contributed by atoms with Crippen molar-refractivity contribution in [1.82, 2.24) is 5.32 Å². The highest BCUT2D eigenvalue weighted by Crippen LogP contribution is 2.17. The minimum atomic E-state index is -0.677. The van der Waals surface area contributed by atoms with E-state index in [-0.39, 0.29) is 18.5 Å². The lowest BCUT2D eigenvalue weighted by Gasteiger charge is -2.22. The number of hydrogen-bond donors (Lipinski definition) is 3. The maximum atomic E-state index is 12.5. The summed E-state index contributed by atoms with van der Waals surface area (Å²) in [6.45, 7) is 4.93. The molecule has 6 heteroatoms. The van der Waals surface area contributed by atoms with E-state index in [9.17, 15) is 19.8 Å². The summed E-state index contributed by atoms with van der Waals surface area (Å²) in [5, 5.41) is 23.3. The van der Waals surface area contributed by atoms with Crippen LogP contribution in [0.2, 0.25) is 0 Å². The number of aliphatic hydroxyl groups is 2. The Balaban J connectivity index is 3.45. The Morgan fingerprint density at radius 1 is 0.422 bits per heavy atom. The third-order valence-corrected chi connectivity index (χ3v) is 13.6. The highest BCUT2D eigenvalue weighted by Gasteiger charge is 2.20. The Hall–Kier alpha value is -1.40. The van der Waals surface area contributed by atoms with Crippen LogP contribution in [-0.4, -0.2) is 47.4 Å². The number of ether oxygens (including phenoxy) is 1. The lowest BCUT2D eigenvalue weighted by atomic mass is 10.0. The largest absolute Gasteiger partial charge is 0.466 e. The van der Waals surface area contributed by atoms with Crippen LogP contribution in [0.25, 0.3) is 0 Å². The van der Waals surface area contributed by atoms with Crippen molar-refractivity contribution in [2.24, 2.45) is 0 Å². The molecule has 0 saturated heterocycles. The van der Waals surface area contributed by atoms with E-state index in [1.807, 2.05) is 0 Å². The molecule has 0 aliphatic rings. The highest BCUT2D eigenvalue weighted by atomic mass is 16.5. The van der Waals surface area contributed by atoms with Gasteiger partial charge in [0.25, 0.3) is 0 Å². The van der Waals surface area contributed by atoms with E-state index < -0.39 is 12.1 Å². The van der Waals surface area contributed by atoms with Crippen molar-refractivity contribution in [3.63, 3.8) is 0 Å². The van der Waals surface area contributed by atoms with Gasteiger partial charge in [-0.25, -0.2) is 0 Å². The quantitative estimate of drug-likeness (QED) is 0.0321. The first-order chi connectivity index (χ1) is 31.5. The van der Waals surface area contributed by atoms with E-state index in [4.69, 9.17) is 4.74 Å². The van der Waals surface area contributed by atoms with Crippen LogP contribution in [0.15, 0.2) is 12.2 Å². The fraction of sp³-hybridized carbons (Fsp3) is 0.931. The Morgan fingerprint density at radius 2 is 0.734 bits per heavy atom. The number of allylic oxidation sites excluding steroid dienone is 2. The van der Waals surface area contributed by atoms with Gasteiger partial charge in [-0.3, -0.25) is 9.59 Å². The van der Waals surface area contributed by atoms with E-state index in [1.165, 1.54) is 231 Å². The molecule has 0 aliphatic heterocycles. The predicted octanol–water partition coefficient (Wildman–Crippen LogP) is 17.7. The summed E-state index contributed by atoms with van der Waals surface area (Å²) in [5.41, 5.74) is 0. The third-order valence-electron chi connectivity index (χ3n) is 13.6. The molecule has 0 bridgehead atoms. The van der Waals surface area contributed by atoms with Crippen LogP contribution in [0.3, 0.4) is 0 Å². The van der Waals surface area contributed by atoms with Gasteiger partial charge in [0, 0.05) is 12.8 Å². The molecule has 0 aromatic heterocycles. The van der Waals surface area contributed by atoms with Gasteiger partial charge in [-0.1, -0.05) is 270 Å². The van der Waals surface area contributed by atoms with Gasteiger partial charge in [-0.2, -0.15) is 0 Å². The fourth-order valence-corrected chi connectivity index (χ4v) is 9.11. The molecule has 2 atom stereocenters. The molecule has 2 unspecified atom stereocenters. The Morgan fingerprint density at radius 3 is 1.11 bits per heavy atom. The average molecular weight is 905 g/mol. The zero-order valence-electron chi connectivity index (χ0n) is 43.3. The van der Waals surface area contributed by atoms with E-state index >= 15 is 0 Å². The van der Waals surface area contributed by atoms with Crippen LogP contribution in [0.5, 0.6) is 0 Å². The molecular formula is C58H113NO5. The maximum Gasteiger partial charge on any atom is 0.305 e. The van der Waals surface area contributed by atoms with Gasteiger partial charge in [0.15, 0.2) is 0 Å². The van der Waals surface area contributed by atoms with Gasteiger partial charge in [0.2, 0.25) is 5.91 Å². The van der Waals surface area contributed by atoms with Crippen LogP contribution < -0.4 is 5.32 Å². The van der Waals surface area contributed by atoms with E-state index in [0.29, 0.717) is 25.9 Å². The minimum absolute atomic E-state index is 0.0159. The molecule has 1 amide bonds. The molecule has 0 aromatic rings. The predicted molar refractivity (Wildman–Crippen MR) is 278 cm³/mol. The van der Waals surface area contributed by atoms with Crippen molar-refractivity contribution < 1.29 is 24.5 Å². The summed E-state index contributed by atoms with van der Waals surface area (Å²) in [6, 6.07) is -0.556. The second-order valence-electron chi connectivity index (χ2n) is 20.0. The summed E-state index contributed by atoms with van der Waals surface area (Å²) in [4.78, 5) is 24.6. The molecule has 0 heterocycles. The average Bonchev–Trinajstić information content (AvgIpc) is 3.29. The molecule has 64 heavy (non-hydrogen) atoms. The molecular weight excluding hydrogens is 791 g/mol. The molecule has 0 saturated carbocycles. The SMILES string of the molecule is CCCCCCCC/C=C\CCCCCCCCCC(=O)OCCCCCCCCCCCCCC(=O)NC(CO)C(O)CCCCCCCCCCCCCCCCCCCCC. The van der Waals surface area contributed by atoms with Crippen LogP contribution >= 0.6 is 0 Å². The minimum Gasteiger partial charge on any atom is -0.466 e. The molecule has 0 rings (SSSR count). The van der Waals surface area contributed by atoms with Gasteiger partial charge in [0.1, 0.15) is 0 Å². The molecule has 0 aromatic carbocycles. The number of amides is 1. The molecule has 0 fully saturated rings. The van der Waals surface area contributed by atoms with Crippen molar-refractivity contribution in [2.75, 3.05) is 13.2 Å². The van der Waals surface area contributed by atoms with Crippen LogP contribution in [0.1, 0.15) is 322 Å². The van der Waals surface area contributed by atoms with Gasteiger partial charge >= 0.3 is 5.97 Å². The topological polar surface area (TPSA) is 95.9 Å². The van der Waals surface area contributed by atoms with Crippen molar-refractivity contribution in [3.05, 3.63) is 12.2 Å². The summed E-state index contributed by atoms with van der Waals surface area (Å²) in [7, 11) is 0. The molecule has 0 aliphatic carbocycles. The lowest BCUT2D eigenvalue weighted by Crippen LogP contribution is -2.45. The monoisotopic (exact) mass is 904 g/mol. The lowest BCUT2D eigenvalue weighted by molar-refractivity contribution is -0.143. The number of carbonyl (C=O) groups is 2. The smallest absolute Gasteiger partial charge is 0.305 e. The van der Waals surface area contributed by atoms with Crippen molar-refractivity contribution in [2.45, 2.75) is 334 Å². The van der Waals surface area contributed by atoms with E-state index in [2.05, 4.69) is 31.3 Å². The van der Waals surface area contributed by atoms with Gasteiger partial charge in [0.05, 0.1) is 25.4 Å². The van der Waals surface area contributed by atoms with Crippen LogP contribution in [0, 0.1) is 0 Å². The van der Waals surface area contributed by atoms with Gasteiger partial charge in [-0.15, -0.1) is 0 Å². The summed E-state index contributed by atoms with van der Waals surface area (Å²) >= 11 is 0. The van der Waals surface area contributed by atoms with Gasteiger partial charge in [-0.05, 0) is 51.4 Å². The van der Waals surface area contributed by atoms with Crippen LogP contribution in [0.4, 0.5) is 0 Å². The number of unbranched alkanes of at least 4 members (excludes halogenated alkanes) is 41. The number of nitrogens with one attached hydrogen (secondary N) is 1. The molecule has 3 N–H and O–H groups in total. The first kappa shape index (κ1) is 62.6. The first-order valence-corrected chi connectivity index (χ1v) is 28.9. The molecule has 6 nitrogen and oxygen atoms in total. The van der Waals surface area contributed by atoms with Gasteiger partial charge < -0.3 is 20.3 Å². The van der Waals surface area contributed by atoms with Crippen molar-refractivity contribution in [3.8, 4) is 0 Å². The normalized spacial score (nSPS) is 12.6. The number of hydrogen-bond acceptors (Lipinski definition) is 5. The highest BCUT2D eigenvalue weighted by molar-refractivity contribution is 5.76.